The summed E-state index contributed by atoms with van der Waals surface area (Å²) in [5.74, 6) is -0.210. The molecule has 0 heterocycles. The number of hydrogen-bond donors (Lipinski definition) is 2. The Labute approximate surface area is 109 Å². The van der Waals surface area contributed by atoms with E-state index in [1.165, 1.54) is 19.3 Å². The van der Waals surface area contributed by atoms with Crippen molar-refractivity contribution >= 4 is 11.9 Å². The van der Waals surface area contributed by atoms with Crippen molar-refractivity contribution in [2.75, 3.05) is 6.54 Å². The van der Waals surface area contributed by atoms with E-state index in [1.807, 2.05) is 0 Å². The minimum atomic E-state index is -0.816. The van der Waals surface area contributed by atoms with Crippen molar-refractivity contribution in [2.45, 2.75) is 58.8 Å². The lowest BCUT2D eigenvalue weighted by molar-refractivity contribution is -0.147. The van der Waals surface area contributed by atoms with E-state index in [-0.39, 0.29) is 5.91 Å². The molecule has 0 bridgehead atoms. The number of carboxylic acid groups (broad SMARTS) is 1. The topological polar surface area (TPSA) is 66.4 Å². The van der Waals surface area contributed by atoms with Crippen LogP contribution < -0.4 is 5.32 Å². The molecule has 1 aliphatic rings. The Hall–Kier alpha value is -1.06. The molecule has 1 fully saturated rings. The zero-order valence-corrected chi connectivity index (χ0v) is 11.5. The minimum Gasteiger partial charge on any atom is -0.481 e. The normalized spacial score (nSPS) is 17.4. The molecule has 1 rings (SSSR count). The molecule has 0 atom stereocenters. The van der Waals surface area contributed by atoms with Crippen LogP contribution >= 0.6 is 0 Å². The fourth-order valence-electron chi connectivity index (χ4n) is 2.35. The first kappa shape index (κ1) is 15.0. The molecule has 2 N–H and O–H groups in total. The maximum atomic E-state index is 11.7. The lowest BCUT2D eigenvalue weighted by atomic mass is 9.86. The van der Waals surface area contributed by atoms with Crippen LogP contribution in [0.4, 0.5) is 0 Å². The Bertz CT molecular complexity index is 293. The number of hydrogen-bond acceptors (Lipinski definition) is 2. The summed E-state index contributed by atoms with van der Waals surface area (Å²) in [6, 6.07) is 0. The van der Waals surface area contributed by atoms with E-state index in [0.29, 0.717) is 25.3 Å². The summed E-state index contributed by atoms with van der Waals surface area (Å²) in [5.41, 5.74) is -0.766. The van der Waals surface area contributed by atoms with Crippen LogP contribution in [0.5, 0.6) is 0 Å². The predicted octanol–water partition coefficient (Wildman–Crippen LogP) is 2.57. The van der Waals surface area contributed by atoms with Crippen LogP contribution in [0.2, 0.25) is 0 Å². The molecule has 1 aliphatic carbocycles. The van der Waals surface area contributed by atoms with Gasteiger partial charge in [-0.3, -0.25) is 9.59 Å². The highest BCUT2D eigenvalue weighted by Crippen LogP contribution is 2.26. The third-order valence-electron chi connectivity index (χ3n) is 3.85. The number of carbonyl (C=O) groups excluding carboxylic acids is 1. The quantitative estimate of drug-likeness (QED) is 0.766. The summed E-state index contributed by atoms with van der Waals surface area (Å²) in [6.45, 7) is 3.82. The smallest absolute Gasteiger partial charge is 0.309 e. The fourth-order valence-corrected chi connectivity index (χ4v) is 2.35. The van der Waals surface area contributed by atoms with Crippen molar-refractivity contribution in [1.29, 1.82) is 0 Å². The third kappa shape index (κ3) is 5.07. The van der Waals surface area contributed by atoms with Gasteiger partial charge in [-0.25, -0.2) is 0 Å². The third-order valence-corrected chi connectivity index (χ3v) is 3.85. The highest BCUT2D eigenvalue weighted by atomic mass is 16.4. The summed E-state index contributed by atoms with van der Waals surface area (Å²) in [6.07, 6.45) is 7.17. The number of amides is 1. The maximum Gasteiger partial charge on any atom is 0.309 e. The van der Waals surface area contributed by atoms with Crippen LogP contribution in [0.15, 0.2) is 0 Å². The molecule has 18 heavy (non-hydrogen) atoms. The second kappa shape index (κ2) is 6.76. The molecule has 0 radical (unpaired) electrons. The van der Waals surface area contributed by atoms with Crippen LogP contribution in [0.25, 0.3) is 0 Å². The van der Waals surface area contributed by atoms with Crippen molar-refractivity contribution in [2.24, 2.45) is 11.3 Å². The zero-order chi connectivity index (χ0) is 13.6. The van der Waals surface area contributed by atoms with Gasteiger partial charge in [-0.1, -0.05) is 19.3 Å². The van der Waals surface area contributed by atoms with Gasteiger partial charge in [-0.05, 0) is 39.0 Å². The van der Waals surface area contributed by atoms with Crippen molar-refractivity contribution in [1.82, 2.24) is 5.32 Å². The van der Waals surface area contributed by atoms with E-state index in [4.69, 9.17) is 5.11 Å². The number of aliphatic carboxylic acids is 1. The Kier molecular flexibility index (Phi) is 5.63. The van der Waals surface area contributed by atoms with Gasteiger partial charge in [0.1, 0.15) is 0 Å². The molecule has 0 spiro atoms. The van der Waals surface area contributed by atoms with E-state index < -0.39 is 11.4 Å². The first-order valence-corrected chi connectivity index (χ1v) is 6.92. The summed E-state index contributed by atoms with van der Waals surface area (Å²) in [7, 11) is 0. The van der Waals surface area contributed by atoms with Gasteiger partial charge in [0.15, 0.2) is 0 Å². The Morgan fingerprint density at radius 2 is 1.83 bits per heavy atom. The van der Waals surface area contributed by atoms with E-state index in [2.05, 4.69) is 5.32 Å². The van der Waals surface area contributed by atoms with E-state index >= 15 is 0 Å². The van der Waals surface area contributed by atoms with Crippen LogP contribution in [0.3, 0.4) is 0 Å². The van der Waals surface area contributed by atoms with Crippen molar-refractivity contribution < 1.29 is 14.7 Å². The van der Waals surface area contributed by atoms with Crippen LogP contribution in [-0.4, -0.2) is 23.5 Å². The second-order valence-electron chi connectivity index (χ2n) is 6.00. The van der Waals surface area contributed by atoms with E-state index in [1.54, 1.807) is 13.8 Å². The molecule has 0 aromatic carbocycles. The standard InChI is InChI=1S/C14H25NO3/c1-14(2,13(17)18)8-9-15-12(16)10-11-6-4-3-5-7-11/h11H,3-10H2,1-2H3,(H,15,16)(H,17,18). The Balaban J connectivity index is 2.18. The summed E-state index contributed by atoms with van der Waals surface area (Å²) >= 11 is 0. The van der Waals surface area contributed by atoms with E-state index in [9.17, 15) is 9.59 Å². The maximum absolute atomic E-state index is 11.7. The first-order chi connectivity index (χ1) is 8.42. The molecule has 1 saturated carbocycles. The van der Waals surface area contributed by atoms with Crippen molar-refractivity contribution in [3.8, 4) is 0 Å². The summed E-state index contributed by atoms with van der Waals surface area (Å²) in [4.78, 5) is 22.6. The average molecular weight is 255 g/mol. The van der Waals surface area contributed by atoms with Gasteiger partial charge >= 0.3 is 5.97 Å². The SMILES string of the molecule is CC(C)(CCNC(=O)CC1CCCCC1)C(=O)O. The predicted molar refractivity (Wildman–Crippen MR) is 70.2 cm³/mol. The monoisotopic (exact) mass is 255 g/mol. The molecule has 4 nitrogen and oxygen atoms in total. The van der Waals surface area contributed by atoms with Gasteiger partial charge in [-0.15, -0.1) is 0 Å². The summed E-state index contributed by atoms with van der Waals surface area (Å²) < 4.78 is 0. The Morgan fingerprint density at radius 3 is 2.39 bits per heavy atom. The molecule has 0 unspecified atom stereocenters. The lowest BCUT2D eigenvalue weighted by Gasteiger charge is -2.22. The molecule has 4 heteroatoms. The highest BCUT2D eigenvalue weighted by molar-refractivity contribution is 5.76. The van der Waals surface area contributed by atoms with Gasteiger partial charge in [0.05, 0.1) is 5.41 Å². The first-order valence-electron chi connectivity index (χ1n) is 6.92. The largest absolute Gasteiger partial charge is 0.481 e. The summed E-state index contributed by atoms with van der Waals surface area (Å²) in [5, 5.41) is 11.8. The highest BCUT2D eigenvalue weighted by Gasteiger charge is 2.26. The molecule has 0 saturated heterocycles. The molecule has 1 amide bonds. The van der Waals surface area contributed by atoms with Crippen LogP contribution in [0.1, 0.15) is 58.8 Å². The van der Waals surface area contributed by atoms with Crippen molar-refractivity contribution in [3.05, 3.63) is 0 Å². The van der Waals surface area contributed by atoms with Gasteiger partial charge in [0.2, 0.25) is 5.91 Å². The van der Waals surface area contributed by atoms with Gasteiger partial charge in [0, 0.05) is 13.0 Å². The van der Waals surface area contributed by atoms with Crippen LogP contribution in [-0.2, 0) is 9.59 Å². The molecule has 0 aromatic rings. The van der Waals surface area contributed by atoms with E-state index in [0.717, 1.165) is 12.8 Å². The van der Waals surface area contributed by atoms with Gasteiger partial charge in [0.25, 0.3) is 0 Å². The number of nitrogens with one attached hydrogen (secondary N) is 1. The Morgan fingerprint density at radius 1 is 1.22 bits per heavy atom. The average Bonchev–Trinajstić information content (AvgIpc) is 2.29. The molecule has 0 aromatic heterocycles. The lowest BCUT2D eigenvalue weighted by Crippen LogP contribution is -2.32. The minimum absolute atomic E-state index is 0.0723. The zero-order valence-electron chi connectivity index (χ0n) is 11.5. The number of rotatable bonds is 6. The number of carbonyl (C=O) groups is 2. The van der Waals surface area contributed by atoms with Crippen LogP contribution in [0, 0.1) is 11.3 Å². The van der Waals surface area contributed by atoms with Crippen molar-refractivity contribution in [3.63, 3.8) is 0 Å². The second-order valence-corrected chi connectivity index (χ2v) is 6.00. The molecular formula is C14H25NO3. The molecule has 104 valence electrons. The van der Waals surface area contributed by atoms with Gasteiger partial charge < -0.3 is 10.4 Å². The fraction of sp³-hybridized carbons (Fsp3) is 0.857. The molecular weight excluding hydrogens is 230 g/mol. The van der Waals surface area contributed by atoms with Gasteiger partial charge in [-0.2, -0.15) is 0 Å². The number of carboxylic acids is 1. The molecule has 0 aliphatic heterocycles.